The standard InChI is InChI=1S/C23H28N2O3/c1-16-10-12-25(13-11-16)23(27)19-5-7-20(8-6-19)24-22(26)15-28-21-9-4-17(2)14-18(21)3/h4-9,14,16H,10-13,15H2,1-3H3,(H,24,26). The number of carbonyl (C=O) groups is 2. The Morgan fingerprint density at radius 2 is 1.75 bits per heavy atom. The summed E-state index contributed by atoms with van der Waals surface area (Å²) >= 11 is 0. The number of hydrogen-bond acceptors (Lipinski definition) is 3. The van der Waals surface area contributed by atoms with Crippen LogP contribution in [0.2, 0.25) is 0 Å². The summed E-state index contributed by atoms with van der Waals surface area (Å²) in [6.45, 7) is 7.77. The largest absolute Gasteiger partial charge is 0.483 e. The number of amides is 2. The van der Waals surface area contributed by atoms with Gasteiger partial charge in [-0.3, -0.25) is 9.59 Å². The molecular formula is C23H28N2O3. The predicted octanol–water partition coefficient (Wildman–Crippen LogP) is 4.19. The summed E-state index contributed by atoms with van der Waals surface area (Å²) in [5, 5.41) is 2.81. The number of anilines is 1. The Bertz CT molecular complexity index is 837. The van der Waals surface area contributed by atoms with Gasteiger partial charge < -0.3 is 15.0 Å². The first kappa shape index (κ1) is 19.9. The molecule has 0 atom stereocenters. The van der Waals surface area contributed by atoms with E-state index in [9.17, 15) is 9.59 Å². The van der Waals surface area contributed by atoms with E-state index >= 15 is 0 Å². The zero-order valence-electron chi connectivity index (χ0n) is 16.8. The third kappa shape index (κ3) is 5.12. The molecule has 1 heterocycles. The minimum atomic E-state index is -0.232. The second-order valence-corrected chi connectivity index (χ2v) is 7.66. The SMILES string of the molecule is Cc1ccc(OCC(=O)Nc2ccc(C(=O)N3CCC(C)CC3)cc2)c(C)c1. The van der Waals surface area contributed by atoms with Crippen LogP contribution in [0.15, 0.2) is 42.5 Å². The fraction of sp³-hybridized carbons (Fsp3) is 0.391. The molecule has 2 amide bonds. The summed E-state index contributed by atoms with van der Waals surface area (Å²) in [6.07, 6.45) is 2.11. The van der Waals surface area contributed by atoms with Crippen LogP contribution in [0.3, 0.4) is 0 Å². The van der Waals surface area contributed by atoms with E-state index in [1.807, 2.05) is 36.9 Å². The summed E-state index contributed by atoms with van der Waals surface area (Å²) in [4.78, 5) is 26.6. The van der Waals surface area contributed by atoms with Gasteiger partial charge in [-0.1, -0.05) is 24.6 Å². The molecule has 2 aromatic carbocycles. The van der Waals surface area contributed by atoms with E-state index in [1.54, 1.807) is 24.3 Å². The van der Waals surface area contributed by atoms with Gasteiger partial charge in [0.15, 0.2) is 6.61 Å². The smallest absolute Gasteiger partial charge is 0.262 e. The number of ether oxygens (including phenoxy) is 1. The van der Waals surface area contributed by atoms with Crippen molar-refractivity contribution in [2.24, 2.45) is 5.92 Å². The van der Waals surface area contributed by atoms with Gasteiger partial charge in [0.2, 0.25) is 0 Å². The van der Waals surface area contributed by atoms with Gasteiger partial charge in [-0.2, -0.15) is 0 Å². The predicted molar refractivity (Wildman–Crippen MR) is 111 cm³/mol. The van der Waals surface area contributed by atoms with Gasteiger partial charge in [0.05, 0.1) is 0 Å². The molecule has 3 rings (SSSR count). The highest BCUT2D eigenvalue weighted by Crippen LogP contribution is 2.20. The zero-order chi connectivity index (χ0) is 20.1. The highest BCUT2D eigenvalue weighted by molar-refractivity contribution is 5.96. The van der Waals surface area contributed by atoms with Gasteiger partial charge >= 0.3 is 0 Å². The van der Waals surface area contributed by atoms with Crippen LogP contribution in [-0.2, 0) is 4.79 Å². The fourth-order valence-corrected chi connectivity index (χ4v) is 3.39. The van der Waals surface area contributed by atoms with Gasteiger partial charge in [0, 0.05) is 24.3 Å². The van der Waals surface area contributed by atoms with Crippen molar-refractivity contribution in [3.63, 3.8) is 0 Å². The zero-order valence-corrected chi connectivity index (χ0v) is 16.8. The molecule has 148 valence electrons. The summed E-state index contributed by atoms with van der Waals surface area (Å²) in [7, 11) is 0. The Kier molecular flexibility index (Phi) is 6.34. The third-order valence-corrected chi connectivity index (χ3v) is 5.18. The van der Waals surface area contributed by atoms with E-state index < -0.39 is 0 Å². The molecular weight excluding hydrogens is 352 g/mol. The molecule has 1 aliphatic rings. The molecule has 0 aromatic heterocycles. The van der Waals surface area contributed by atoms with E-state index in [-0.39, 0.29) is 18.4 Å². The van der Waals surface area contributed by atoms with E-state index in [0.29, 0.717) is 22.9 Å². The van der Waals surface area contributed by atoms with E-state index in [0.717, 1.165) is 37.1 Å². The molecule has 0 unspecified atom stereocenters. The van der Waals surface area contributed by atoms with Gasteiger partial charge in [-0.25, -0.2) is 0 Å². The molecule has 0 radical (unpaired) electrons. The van der Waals surface area contributed by atoms with Gasteiger partial charge in [0.1, 0.15) is 5.75 Å². The van der Waals surface area contributed by atoms with E-state index in [2.05, 4.69) is 12.2 Å². The number of rotatable bonds is 5. The van der Waals surface area contributed by atoms with Crippen molar-refractivity contribution in [2.45, 2.75) is 33.6 Å². The first-order valence-corrected chi connectivity index (χ1v) is 9.81. The number of nitrogens with zero attached hydrogens (tertiary/aromatic N) is 1. The van der Waals surface area contributed by atoms with Crippen LogP contribution in [0.4, 0.5) is 5.69 Å². The normalized spacial score (nSPS) is 14.6. The number of piperidine rings is 1. The molecule has 5 heteroatoms. The molecule has 2 aromatic rings. The molecule has 0 bridgehead atoms. The maximum Gasteiger partial charge on any atom is 0.262 e. The van der Waals surface area contributed by atoms with Crippen molar-refractivity contribution in [2.75, 3.05) is 25.0 Å². The Morgan fingerprint density at radius 1 is 1.07 bits per heavy atom. The quantitative estimate of drug-likeness (QED) is 0.846. The Balaban J connectivity index is 1.52. The topological polar surface area (TPSA) is 58.6 Å². The summed E-state index contributed by atoms with van der Waals surface area (Å²) < 4.78 is 5.60. The average molecular weight is 380 g/mol. The molecule has 0 spiro atoms. The van der Waals surface area contributed by atoms with Crippen LogP contribution in [0.1, 0.15) is 41.3 Å². The van der Waals surface area contributed by atoms with Gasteiger partial charge in [0.25, 0.3) is 11.8 Å². The monoisotopic (exact) mass is 380 g/mol. The second-order valence-electron chi connectivity index (χ2n) is 7.66. The van der Waals surface area contributed by atoms with E-state index in [4.69, 9.17) is 4.74 Å². The van der Waals surface area contributed by atoms with Crippen LogP contribution >= 0.6 is 0 Å². The van der Waals surface area contributed by atoms with Crippen LogP contribution in [0.25, 0.3) is 0 Å². The number of aryl methyl sites for hydroxylation is 2. The highest BCUT2D eigenvalue weighted by atomic mass is 16.5. The minimum absolute atomic E-state index is 0.0583. The fourth-order valence-electron chi connectivity index (χ4n) is 3.39. The lowest BCUT2D eigenvalue weighted by molar-refractivity contribution is -0.118. The van der Waals surface area contributed by atoms with Crippen LogP contribution in [-0.4, -0.2) is 36.4 Å². The van der Waals surface area contributed by atoms with Crippen molar-refractivity contribution in [3.8, 4) is 5.75 Å². The number of nitrogens with one attached hydrogen (secondary N) is 1. The molecule has 1 fully saturated rings. The molecule has 28 heavy (non-hydrogen) atoms. The lowest BCUT2D eigenvalue weighted by Gasteiger charge is -2.30. The maximum absolute atomic E-state index is 12.6. The Hall–Kier alpha value is -2.82. The van der Waals surface area contributed by atoms with Crippen molar-refractivity contribution in [1.29, 1.82) is 0 Å². The first-order valence-electron chi connectivity index (χ1n) is 9.81. The number of benzene rings is 2. The summed E-state index contributed by atoms with van der Waals surface area (Å²) in [6, 6.07) is 12.9. The Morgan fingerprint density at radius 3 is 2.39 bits per heavy atom. The summed E-state index contributed by atoms with van der Waals surface area (Å²) in [5.74, 6) is 1.22. The van der Waals surface area contributed by atoms with Gasteiger partial charge in [-0.05, 0) is 68.5 Å². The minimum Gasteiger partial charge on any atom is -0.483 e. The molecule has 1 N–H and O–H groups in total. The third-order valence-electron chi connectivity index (χ3n) is 5.18. The van der Waals surface area contributed by atoms with Crippen LogP contribution < -0.4 is 10.1 Å². The summed E-state index contributed by atoms with van der Waals surface area (Å²) in [5.41, 5.74) is 3.46. The van der Waals surface area contributed by atoms with Crippen molar-refractivity contribution in [3.05, 3.63) is 59.2 Å². The van der Waals surface area contributed by atoms with Crippen molar-refractivity contribution in [1.82, 2.24) is 4.90 Å². The number of carbonyl (C=O) groups excluding carboxylic acids is 2. The van der Waals surface area contributed by atoms with Crippen LogP contribution in [0.5, 0.6) is 5.75 Å². The molecule has 0 saturated carbocycles. The first-order chi connectivity index (χ1) is 13.4. The molecule has 5 nitrogen and oxygen atoms in total. The highest BCUT2D eigenvalue weighted by Gasteiger charge is 2.21. The van der Waals surface area contributed by atoms with E-state index in [1.165, 1.54) is 0 Å². The second kappa shape index (κ2) is 8.91. The van der Waals surface area contributed by atoms with Crippen LogP contribution in [0, 0.1) is 19.8 Å². The van der Waals surface area contributed by atoms with Crippen molar-refractivity contribution < 1.29 is 14.3 Å². The lowest BCUT2D eigenvalue weighted by Crippen LogP contribution is -2.37. The maximum atomic E-state index is 12.6. The number of likely N-dealkylation sites (tertiary alicyclic amines) is 1. The lowest BCUT2D eigenvalue weighted by atomic mass is 9.98. The molecule has 1 saturated heterocycles. The Labute approximate surface area is 166 Å². The van der Waals surface area contributed by atoms with Gasteiger partial charge in [-0.15, -0.1) is 0 Å². The molecule has 1 aliphatic heterocycles. The molecule has 0 aliphatic carbocycles. The number of hydrogen-bond donors (Lipinski definition) is 1. The average Bonchev–Trinajstić information content (AvgIpc) is 2.68. The van der Waals surface area contributed by atoms with Crippen molar-refractivity contribution >= 4 is 17.5 Å².